The average molecular weight is 368 g/mol. The quantitative estimate of drug-likeness (QED) is 0.364. The SMILES string of the molecule is COC(=O)C1(C(C[N+](=O)[O-])c2ccccc2)C(=O)NCC1c1ccccc1. The zero-order chi connectivity index (χ0) is 19.4. The molecule has 1 amide bonds. The van der Waals surface area contributed by atoms with Crippen LogP contribution in [0.2, 0.25) is 0 Å². The molecule has 27 heavy (non-hydrogen) atoms. The van der Waals surface area contributed by atoms with E-state index in [4.69, 9.17) is 4.74 Å². The van der Waals surface area contributed by atoms with E-state index in [0.717, 1.165) is 5.56 Å². The molecule has 1 saturated heterocycles. The minimum atomic E-state index is -1.72. The van der Waals surface area contributed by atoms with Gasteiger partial charge < -0.3 is 10.1 Å². The lowest BCUT2D eigenvalue weighted by atomic mass is 9.63. The summed E-state index contributed by atoms with van der Waals surface area (Å²) in [5, 5.41) is 14.2. The lowest BCUT2D eigenvalue weighted by Gasteiger charge is -2.35. The summed E-state index contributed by atoms with van der Waals surface area (Å²) in [6.45, 7) is -0.352. The van der Waals surface area contributed by atoms with Gasteiger partial charge in [0, 0.05) is 17.4 Å². The number of carbonyl (C=O) groups excluding carboxylic acids is 2. The number of benzene rings is 2. The van der Waals surface area contributed by atoms with Gasteiger partial charge >= 0.3 is 5.97 Å². The lowest BCUT2D eigenvalue weighted by Crippen LogP contribution is -2.49. The van der Waals surface area contributed by atoms with Gasteiger partial charge in [-0.15, -0.1) is 0 Å². The van der Waals surface area contributed by atoms with Crippen molar-refractivity contribution in [2.75, 3.05) is 20.2 Å². The number of esters is 1. The van der Waals surface area contributed by atoms with E-state index in [0.29, 0.717) is 5.56 Å². The molecule has 0 spiro atoms. The van der Waals surface area contributed by atoms with Gasteiger partial charge in [-0.3, -0.25) is 19.7 Å². The molecule has 0 saturated carbocycles. The molecule has 7 heteroatoms. The van der Waals surface area contributed by atoms with Gasteiger partial charge in [0.2, 0.25) is 12.5 Å². The fourth-order valence-corrected chi connectivity index (χ4v) is 4.02. The molecule has 140 valence electrons. The van der Waals surface area contributed by atoms with E-state index in [2.05, 4.69) is 5.32 Å². The maximum atomic E-state index is 13.0. The summed E-state index contributed by atoms with van der Waals surface area (Å²) in [5.41, 5.74) is -0.409. The number of nitro groups is 1. The van der Waals surface area contributed by atoms with Gasteiger partial charge in [0.05, 0.1) is 13.0 Å². The predicted octanol–water partition coefficient (Wildman–Crippen LogP) is 2.12. The van der Waals surface area contributed by atoms with Gasteiger partial charge in [0.25, 0.3) is 0 Å². The van der Waals surface area contributed by atoms with Crippen molar-refractivity contribution in [3.63, 3.8) is 0 Å². The largest absolute Gasteiger partial charge is 0.468 e. The number of ether oxygens (including phenoxy) is 1. The summed E-state index contributed by atoms with van der Waals surface area (Å²) in [7, 11) is 1.20. The molecule has 7 nitrogen and oxygen atoms in total. The summed E-state index contributed by atoms with van der Waals surface area (Å²) in [6.07, 6.45) is 0. The Morgan fingerprint density at radius 1 is 1.22 bits per heavy atom. The number of methoxy groups -OCH3 is 1. The first-order valence-electron chi connectivity index (χ1n) is 8.60. The highest BCUT2D eigenvalue weighted by Crippen LogP contribution is 2.51. The van der Waals surface area contributed by atoms with Gasteiger partial charge in [-0.1, -0.05) is 60.7 Å². The van der Waals surface area contributed by atoms with E-state index in [-0.39, 0.29) is 6.54 Å². The van der Waals surface area contributed by atoms with Crippen molar-refractivity contribution in [3.05, 3.63) is 81.9 Å². The molecule has 3 atom stereocenters. The van der Waals surface area contributed by atoms with E-state index >= 15 is 0 Å². The van der Waals surface area contributed by atoms with E-state index in [9.17, 15) is 19.7 Å². The Balaban J connectivity index is 2.24. The van der Waals surface area contributed by atoms with Gasteiger partial charge in [-0.25, -0.2) is 0 Å². The Hall–Kier alpha value is -3.22. The van der Waals surface area contributed by atoms with E-state index in [1.165, 1.54) is 7.11 Å². The van der Waals surface area contributed by atoms with Gasteiger partial charge in [0.1, 0.15) is 0 Å². The topological polar surface area (TPSA) is 98.5 Å². The summed E-state index contributed by atoms with van der Waals surface area (Å²) in [4.78, 5) is 37.0. The number of rotatable bonds is 6. The van der Waals surface area contributed by atoms with Crippen LogP contribution in [-0.2, 0) is 14.3 Å². The third-order valence-corrected chi connectivity index (χ3v) is 5.20. The highest BCUT2D eigenvalue weighted by Gasteiger charge is 2.64. The first-order valence-corrected chi connectivity index (χ1v) is 8.60. The minimum Gasteiger partial charge on any atom is -0.468 e. The third kappa shape index (κ3) is 3.16. The van der Waals surface area contributed by atoms with Crippen LogP contribution in [0.1, 0.15) is 23.0 Å². The molecule has 3 unspecified atom stereocenters. The highest BCUT2D eigenvalue weighted by molar-refractivity contribution is 6.06. The van der Waals surface area contributed by atoms with Crippen molar-refractivity contribution >= 4 is 11.9 Å². The second kappa shape index (κ2) is 7.57. The van der Waals surface area contributed by atoms with Crippen molar-refractivity contribution in [2.24, 2.45) is 5.41 Å². The van der Waals surface area contributed by atoms with Crippen LogP contribution in [-0.4, -0.2) is 37.0 Å². The van der Waals surface area contributed by atoms with Crippen LogP contribution in [0.5, 0.6) is 0 Å². The molecule has 1 heterocycles. The molecular formula is C20H20N2O5. The average Bonchev–Trinajstić information content (AvgIpc) is 3.04. The van der Waals surface area contributed by atoms with Crippen LogP contribution < -0.4 is 5.32 Å². The van der Waals surface area contributed by atoms with Crippen molar-refractivity contribution in [2.45, 2.75) is 11.8 Å². The van der Waals surface area contributed by atoms with Crippen LogP contribution in [0.4, 0.5) is 0 Å². The molecule has 1 fully saturated rings. The normalized spacial score (nSPS) is 22.7. The minimum absolute atomic E-state index is 0.207. The van der Waals surface area contributed by atoms with E-state index < -0.39 is 40.6 Å². The van der Waals surface area contributed by atoms with E-state index in [1.54, 1.807) is 30.3 Å². The second-order valence-electron chi connectivity index (χ2n) is 6.51. The number of carbonyl (C=O) groups is 2. The molecule has 1 aliphatic rings. The first-order chi connectivity index (χ1) is 13.0. The Bertz CT molecular complexity index is 840. The number of hydrogen-bond acceptors (Lipinski definition) is 5. The lowest BCUT2D eigenvalue weighted by molar-refractivity contribution is -0.485. The summed E-state index contributed by atoms with van der Waals surface area (Å²) >= 11 is 0. The molecule has 2 aromatic rings. The molecule has 0 aliphatic carbocycles. The number of amides is 1. The highest BCUT2D eigenvalue weighted by atomic mass is 16.6. The third-order valence-electron chi connectivity index (χ3n) is 5.20. The van der Waals surface area contributed by atoms with Crippen molar-refractivity contribution in [3.8, 4) is 0 Å². The number of nitrogens with zero attached hydrogens (tertiary/aromatic N) is 1. The Morgan fingerprint density at radius 2 is 1.81 bits per heavy atom. The van der Waals surface area contributed by atoms with Crippen LogP contribution in [0, 0.1) is 15.5 Å². The molecule has 0 aromatic heterocycles. The van der Waals surface area contributed by atoms with Crippen LogP contribution in [0.25, 0.3) is 0 Å². The Morgan fingerprint density at radius 3 is 2.37 bits per heavy atom. The smallest absolute Gasteiger partial charge is 0.322 e. The Kier molecular flexibility index (Phi) is 5.21. The van der Waals surface area contributed by atoms with Gasteiger partial charge in [-0.2, -0.15) is 0 Å². The fourth-order valence-electron chi connectivity index (χ4n) is 4.02. The summed E-state index contributed by atoms with van der Waals surface area (Å²) in [5.74, 6) is -2.85. The van der Waals surface area contributed by atoms with Gasteiger partial charge in [-0.05, 0) is 11.1 Å². The van der Waals surface area contributed by atoms with Crippen LogP contribution in [0.15, 0.2) is 60.7 Å². The molecule has 1 aliphatic heterocycles. The van der Waals surface area contributed by atoms with Crippen LogP contribution in [0.3, 0.4) is 0 Å². The van der Waals surface area contributed by atoms with Crippen molar-refractivity contribution < 1.29 is 19.2 Å². The first kappa shape index (κ1) is 18.6. The predicted molar refractivity (Wildman–Crippen MR) is 97.7 cm³/mol. The fraction of sp³-hybridized carbons (Fsp3) is 0.300. The second-order valence-corrected chi connectivity index (χ2v) is 6.51. The molecule has 0 bridgehead atoms. The maximum Gasteiger partial charge on any atom is 0.322 e. The number of nitrogens with one attached hydrogen (secondary N) is 1. The molecule has 2 aromatic carbocycles. The Labute approximate surface area is 156 Å². The standard InChI is InChI=1S/C20H20N2O5/c1-27-19(24)20(17(13-22(25)26)15-10-6-3-7-11-15)16(12-21-18(20)23)14-8-4-2-5-9-14/h2-11,16-17H,12-13H2,1H3,(H,21,23). The molecule has 0 radical (unpaired) electrons. The summed E-state index contributed by atoms with van der Waals surface area (Å²) in [6, 6.07) is 17.7. The number of hydrogen-bond donors (Lipinski definition) is 1. The molecule has 3 rings (SSSR count). The van der Waals surface area contributed by atoms with Crippen molar-refractivity contribution in [1.82, 2.24) is 5.32 Å². The van der Waals surface area contributed by atoms with Gasteiger partial charge in [0.15, 0.2) is 5.41 Å². The monoisotopic (exact) mass is 368 g/mol. The molecule has 1 N–H and O–H groups in total. The zero-order valence-corrected chi connectivity index (χ0v) is 14.8. The maximum absolute atomic E-state index is 13.0. The van der Waals surface area contributed by atoms with Crippen LogP contribution >= 0.6 is 0 Å². The summed E-state index contributed by atoms with van der Waals surface area (Å²) < 4.78 is 5.02. The van der Waals surface area contributed by atoms with Crippen molar-refractivity contribution in [1.29, 1.82) is 0 Å². The zero-order valence-electron chi connectivity index (χ0n) is 14.8. The van der Waals surface area contributed by atoms with E-state index in [1.807, 2.05) is 30.3 Å². The molecular weight excluding hydrogens is 348 g/mol.